The third-order valence-electron chi connectivity index (χ3n) is 3.00. The van der Waals surface area contributed by atoms with Crippen LogP contribution in [0.1, 0.15) is 24.8 Å². The van der Waals surface area contributed by atoms with E-state index < -0.39 is 5.97 Å². The topological polar surface area (TPSA) is 49.8 Å². The van der Waals surface area contributed by atoms with Crippen LogP contribution in [0.5, 0.6) is 5.75 Å². The van der Waals surface area contributed by atoms with E-state index in [4.69, 9.17) is 9.84 Å². The van der Waals surface area contributed by atoms with Gasteiger partial charge in [-0.05, 0) is 45.0 Å². The zero-order valence-corrected chi connectivity index (χ0v) is 11.8. The third-order valence-corrected chi connectivity index (χ3v) is 3.00. The van der Waals surface area contributed by atoms with Gasteiger partial charge in [0.15, 0.2) is 0 Å². The second kappa shape index (κ2) is 8.53. The number of unbranched alkanes of at least 4 members (excludes halogenated alkanes) is 1. The first-order chi connectivity index (χ1) is 9.09. The summed E-state index contributed by atoms with van der Waals surface area (Å²) in [6, 6.07) is 7.97. The van der Waals surface area contributed by atoms with E-state index >= 15 is 0 Å². The Morgan fingerprint density at radius 3 is 2.68 bits per heavy atom. The SMILES string of the molecule is Cc1ccccc1OCCN(C)CCCCC(=O)O. The van der Waals surface area contributed by atoms with E-state index in [1.165, 1.54) is 0 Å². The van der Waals surface area contributed by atoms with Gasteiger partial charge in [-0.25, -0.2) is 0 Å². The molecule has 0 saturated carbocycles. The van der Waals surface area contributed by atoms with E-state index in [1.807, 2.05) is 38.2 Å². The van der Waals surface area contributed by atoms with E-state index in [0.717, 1.165) is 37.2 Å². The Morgan fingerprint density at radius 1 is 1.26 bits per heavy atom. The fraction of sp³-hybridized carbons (Fsp3) is 0.533. The molecule has 0 aliphatic heterocycles. The number of carboxylic acid groups (broad SMARTS) is 1. The van der Waals surface area contributed by atoms with Crippen LogP contribution >= 0.6 is 0 Å². The highest BCUT2D eigenvalue weighted by Crippen LogP contribution is 2.15. The summed E-state index contributed by atoms with van der Waals surface area (Å²) in [5.41, 5.74) is 1.15. The van der Waals surface area contributed by atoms with Gasteiger partial charge in [0.05, 0.1) is 0 Å². The summed E-state index contributed by atoms with van der Waals surface area (Å²) >= 11 is 0. The predicted molar refractivity (Wildman–Crippen MR) is 75.7 cm³/mol. The maximum absolute atomic E-state index is 10.4. The molecule has 0 fully saturated rings. The van der Waals surface area contributed by atoms with Crippen LogP contribution in [0.2, 0.25) is 0 Å². The van der Waals surface area contributed by atoms with Crippen molar-refractivity contribution in [2.45, 2.75) is 26.2 Å². The average Bonchev–Trinajstić information content (AvgIpc) is 2.37. The van der Waals surface area contributed by atoms with Gasteiger partial charge in [-0.3, -0.25) is 4.79 Å². The summed E-state index contributed by atoms with van der Waals surface area (Å²) in [4.78, 5) is 12.5. The van der Waals surface area contributed by atoms with Crippen LogP contribution in [-0.4, -0.2) is 42.7 Å². The molecule has 1 aromatic rings. The van der Waals surface area contributed by atoms with Crippen molar-refractivity contribution < 1.29 is 14.6 Å². The molecule has 1 aromatic carbocycles. The quantitative estimate of drug-likeness (QED) is 0.697. The summed E-state index contributed by atoms with van der Waals surface area (Å²) in [6.07, 6.45) is 1.90. The molecule has 0 amide bonds. The van der Waals surface area contributed by atoms with Crippen molar-refractivity contribution >= 4 is 5.97 Å². The molecular formula is C15H23NO3. The van der Waals surface area contributed by atoms with Gasteiger partial charge in [0.25, 0.3) is 0 Å². The van der Waals surface area contributed by atoms with Crippen LogP contribution in [0.15, 0.2) is 24.3 Å². The summed E-state index contributed by atoms with van der Waals surface area (Å²) < 4.78 is 5.72. The van der Waals surface area contributed by atoms with Crippen molar-refractivity contribution in [2.75, 3.05) is 26.7 Å². The van der Waals surface area contributed by atoms with Crippen LogP contribution in [-0.2, 0) is 4.79 Å². The molecule has 4 nitrogen and oxygen atoms in total. The van der Waals surface area contributed by atoms with Crippen LogP contribution in [0.3, 0.4) is 0 Å². The number of ether oxygens (including phenoxy) is 1. The van der Waals surface area contributed by atoms with E-state index in [9.17, 15) is 4.79 Å². The monoisotopic (exact) mass is 265 g/mol. The highest BCUT2D eigenvalue weighted by atomic mass is 16.5. The molecule has 0 bridgehead atoms. The molecular weight excluding hydrogens is 242 g/mol. The zero-order valence-electron chi connectivity index (χ0n) is 11.8. The summed E-state index contributed by atoms with van der Waals surface area (Å²) in [5, 5.41) is 8.54. The molecule has 0 saturated heterocycles. The van der Waals surface area contributed by atoms with Gasteiger partial charge < -0.3 is 14.7 Å². The minimum absolute atomic E-state index is 0.257. The van der Waals surface area contributed by atoms with Crippen LogP contribution in [0.25, 0.3) is 0 Å². The molecule has 106 valence electrons. The number of hydrogen-bond donors (Lipinski definition) is 1. The van der Waals surface area contributed by atoms with E-state index in [-0.39, 0.29) is 6.42 Å². The van der Waals surface area contributed by atoms with Crippen LogP contribution < -0.4 is 4.74 Å². The highest BCUT2D eigenvalue weighted by molar-refractivity contribution is 5.66. The lowest BCUT2D eigenvalue weighted by atomic mass is 10.2. The van der Waals surface area contributed by atoms with E-state index in [0.29, 0.717) is 6.61 Å². The number of benzene rings is 1. The number of carbonyl (C=O) groups is 1. The van der Waals surface area contributed by atoms with Crippen molar-refractivity contribution in [3.63, 3.8) is 0 Å². The van der Waals surface area contributed by atoms with E-state index in [2.05, 4.69) is 4.90 Å². The normalized spacial score (nSPS) is 10.7. The first-order valence-corrected chi connectivity index (χ1v) is 6.68. The Bertz CT molecular complexity index is 393. The summed E-state index contributed by atoms with van der Waals surface area (Å²) in [7, 11) is 2.03. The molecule has 0 aliphatic rings. The number of aliphatic carboxylic acids is 1. The minimum Gasteiger partial charge on any atom is -0.492 e. The Morgan fingerprint density at radius 2 is 2.00 bits per heavy atom. The zero-order chi connectivity index (χ0) is 14.1. The molecule has 0 heterocycles. The molecule has 4 heteroatoms. The van der Waals surface area contributed by atoms with E-state index in [1.54, 1.807) is 0 Å². The lowest BCUT2D eigenvalue weighted by Gasteiger charge is -2.17. The second-order valence-corrected chi connectivity index (χ2v) is 4.77. The maximum Gasteiger partial charge on any atom is 0.303 e. The molecule has 1 N–H and O–H groups in total. The van der Waals surface area contributed by atoms with Gasteiger partial charge in [-0.15, -0.1) is 0 Å². The van der Waals surface area contributed by atoms with Crippen molar-refractivity contribution in [1.82, 2.24) is 4.90 Å². The first-order valence-electron chi connectivity index (χ1n) is 6.68. The van der Waals surface area contributed by atoms with Gasteiger partial charge in [0.1, 0.15) is 12.4 Å². The number of likely N-dealkylation sites (N-methyl/N-ethyl adjacent to an activating group) is 1. The van der Waals surface area contributed by atoms with Crippen molar-refractivity contribution in [1.29, 1.82) is 0 Å². The summed E-state index contributed by atoms with van der Waals surface area (Å²) in [5.74, 6) is 0.215. The fourth-order valence-corrected chi connectivity index (χ4v) is 1.80. The largest absolute Gasteiger partial charge is 0.492 e. The fourth-order valence-electron chi connectivity index (χ4n) is 1.80. The predicted octanol–water partition coefficient (Wildman–Crippen LogP) is 2.56. The number of carboxylic acids is 1. The van der Waals surface area contributed by atoms with Gasteiger partial charge in [-0.1, -0.05) is 18.2 Å². The van der Waals surface area contributed by atoms with Crippen molar-refractivity contribution in [3.05, 3.63) is 29.8 Å². The number of rotatable bonds is 9. The van der Waals surface area contributed by atoms with Crippen molar-refractivity contribution in [2.24, 2.45) is 0 Å². The van der Waals surface area contributed by atoms with Gasteiger partial charge in [0, 0.05) is 13.0 Å². The molecule has 1 rings (SSSR count). The highest BCUT2D eigenvalue weighted by Gasteiger charge is 2.02. The molecule has 0 aliphatic carbocycles. The van der Waals surface area contributed by atoms with Crippen LogP contribution in [0, 0.1) is 6.92 Å². The Balaban J connectivity index is 2.12. The second-order valence-electron chi connectivity index (χ2n) is 4.77. The molecule has 0 atom stereocenters. The Hall–Kier alpha value is -1.55. The third kappa shape index (κ3) is 6.82. The number of para-hydroxylation sites is 1. The maximum atomic E-state index is 10.4. The summed E-state index contributed by atoms with van der Waals surface area (Å²) in [6.45, 7) is 4.44. The first kappa shape index (κ1) is 15.5. The number of aryl methyl sites for hydroxylation is 1. The van der Waals surface area contributed by atoms with Gasteiger partial charge in [-0.2, -0.15) is 0 Å². The molecule has 0 spiro atoms. The number of nitrogens with zero attached hydrogens (tertiary/aromatic N) is 1. The smallest absolute Gasteiger partial charge is 0.303 e. The number of hydrogen-bond acceptors (Lipinski definition) is 3. The standard InChI is InChI=1S/C15H23NO3/c1-13-7-3-4-8-14(13)19-12-11-16(2)10-6-5-9-15(17)18/h3-4,7-8H,5-6,9-12H2,1-2H3,(H,17,18). The lowest BCUT2D eigenvalue weighted by Crippen LogP contribution is -2.25. The van der Waals surface area contributed by atoms with Gasteiger partial charge >= 0.3 is 5.97 Å². The average molecular weight is 265 g/mol. The molecule has 0 unspecified atom stereocenters. The van der Waals surface area contributed by atoms with Crippen LogP contribution in [0.4, 0.5) is 0 Å². The molecule has 0 aromatic heterocycles. The van der Waals surface area contributed by atoms with Gasteiger partial charge in [0.2, 0.25) is 0 Å². The Kier molecular flexibility index (Phi) is 6.97. The molecule has 0 radical (unpaired) electrons. The van der Waals surface area contributed by atoms with Crippen molar-refractivity contribution in [3.8, 4) is 5.75 Å². The minimum atomic E-state index is -0.717. The molecule has 19 heavy (non-hydrogen) atoms. The Labute approximate surface area is 115 Å². The lowest BCUT2D eigenvalue weighted by molar-refractivity contribution is -0.137.